The molecule has 0 saturated heterocycles. The normalized spacial score (nSPS) is 10.1. The van der Waals surface area contributed by atoms with Gasteiger partial charge in [0.2, 0.25) is 10.4 Å². The summed E-state index contributed by atoms with van der Waals surface area (Å²) in [5, 5.41) is 0. The number of pyridine rings is 1. The summed E-state index contributed by atoms with van der Waals surface area (Å²) in [6, 6.07) is 3.36. The minimum Gasteiger partial charge on any atom is -0.726 e. The predicted molar refractivity (Wildman–Crippen MR) is 55.0 cm³/mol. The van der Waals surface area contributed by atoms with Crippen LogP contribution in [0.25, 0.3) is 0 Å². The zero-order valence-corrected chi connectivity index (χ0v) is 9.97. The summed E-state index contributed by atoms with van der Waals surface area (Å²) in [7, 11) is -1.63. The third kappa shape index (κ3) is 7.22. The summed E-state index contributed by atoms with van der Waals surface area (Å²) in [5.74, 6) is 0.165. The Morgan fingerprint density at radius 3 is 2.41 bits per heavy atom. The molecule has 0 fully saturated rings. The molecule has 0 bridgehead atoms. The van der Waals surface area contributed by atoms with Crippen LogP contribution < -0.4 is 15.0 Å². The van der Waals surface area contributed by atoms with E-state index in [-0.39, 0.29) is 0 Å². The molecule has 96 valence electrons. The summed E-state index contributed by atoms with van der Waals surface area (Å²) < 4.78 is 39.4. The molecule has 0 saturated carbocycles. The molecule has 1 heterocycles. The van der Waals surface area contributed by atoms with Gasteiger partial charge in [-0.1, -0.05) is 0 Å². The van der Waals surface area contributed by atoms with Crippen molar-refractivity contribution in [3.05, 3.63) is 24.0 Å². The van der Waals surface area contributed by atoms with Crippen molar-refractivity contribution in [2.75, 3.05) is 7.11 Å². The Morgan fingerprint density at radius 1 is 1.59 bits per heavy atom. The molecule has 0 aliphatic heterocycles. The van der Waals surface area contributed by atoms with Crippen LogP contribution in [-0.2, 0) is 17.4 Å². The van der Waals surface area contributed by atoms with Crippen LogP contribution in [0.5, 0.6) is 5.75 Å². The van der Waals surface area contributed by atoms with Gasteiger partial charge in [0.25, 0.3) is 5.69 Å². The van der Waals surface area contributed by atoms with E-state index in [1.807, 2.05) is 0 Å². The lowest BCUT2D eigenvalue weighted by molar-refractivity contribution is -0.673. The second-order valence-electron chi connectivity index (χ2n) is 2.85. The highest BCUT2D eigenvalue weighted by molar-refractivity contribution is 7.79. The number of ether oxygens (including phenoxy) is 1. The number of rotatable bonds is 2. The Labute approximate surface area is 98.2 Å². The first-order chi connectivity index (χ1) is 7.65. The van der Waals surface area contributed by atoms with Gasteiger partial charge in [0.15, 0.2) is 6.20 Å². The van der Waals surface area contributed by atoms with Crippen molar-refractivity contribution in [2.24, 2.45) is 12.8 Å². The topological polar surface area (TPSA) is 134 Å². The number of aryl methyl sites for hydroxylation is 1. The molecule has 0 aliphatic carbocycles. The number of nitrogens with two attached hydrogens (primary N) is 1. The van der Waals surface area contributed by atoms with E-state index in [0.29, 0.717) is 11.4 Å². The van der Waals surface area contributed by atoms with Gasteiger partial charge in [-0.3, -0.25) is 9.35 Å². The highest BCUT2D eigenvalue weighted by Gasteiger charge is 2.13. The highest BCUT2D eigenvalue weighted by Crippen LogP contribution is 2.07. The average molecular weight is 264 g/mol. The molecule has 1 aromatic heterocycles. The minimum atomic E-state index is -4.92. The van der Waals surface area contributed by atoms with Gasteiger partial charge in [0.1, 0.15) is 12.8 Å². The fraction of sp³-hybridized carbons (Fsp3) is 0.250. The lowest BCUT2D eigenvalue weighted by Gasteiger charge is -1.99. The minimum absolute atomic E-state index is 0.425. The summed E-state index contributed by atoms with van der Waals surface area (Å²) >= 11 is 0. The summed E-state index contributed by atoms with van der Waals surface area (Å²) in [6.07, 6.45) is 1.72. The molecular weight excluding hydrogens is 252 g/mol. The van der Waals surface area contributed by atoms with Gasteiger partial charge in [-0.15, -0.1) is 0 Å². The van der Waals surface area contributed by atoms with Gasteiger partial charge in [-0.25, -0.2) is 8.42 Å². The fourth-order valence-electron chi connectivity index (χ4n) is 0.922. The molecule has 1 amide bonds. The Balaban J connectivity index is 0.000000437. The molecule has 8 nitrogen and oxygen atoms in total. The number of carbonyl (C=O) groups excluding carboxylic acids is 1. The number of hydrogen-bond donors (Lipinski definition) is 2. The molecular formula is C8H12N2O6S. The Bertz CT molecular complexity index is 491. The van der Waals surface area contributed by atoms with Crippen molar-refractivity contribution in [2.45, 2.75) is 0 Å². The third-order valence-electron chi connectivity index (χ3n) is 1.61. The average Bonchev–Trinajstić information content (AvgIpc) is 2.15. The zero-order valence-electron chi connectivity index (χ0n) is 9.15. The lowest BCUT2D eigenvalue weighted by Crippen LogP contribution is -2.38. The maximum Gasteiger partial charge on any atom is 0.313 e. The Hall–Kier alpha value is -1.71. The van der Waals surface area contributed by atoms with Gasteiger partial charge in [-0.2, -0.15) is 4.57 Å². The first kappa shape index (κ1) is 15.3. The predicted octanol–water partition coefficient (Wildman–Crippen LogP) is -1.38. The number of aromatic nitrogens is 1. The highest BCUT2D eigenvalue weighted by atomic mass is 32.3. The molecule has 1 rings (SSSR count). The van der Waals surface area contributed by atoms with E-state index in [1.54, 1.807) is 37.1 Å². The van der Waals surface area contributed by atoms with E-state index in [1.165, 1.54) is 0 Å². The van der Waals surface area contributed by atoms with Crippen molar-refractivity contribution in [1.29, 1.82) is 0 Å². The van der Waals surface area contributed by atoms with Gasteiger partial charge >= 0.3 is 5.91 Å². The number of primary amides is 1. The molecule has 0 unspecified atom stereocenters. The molecule has 9 heteroatoms. The maximum atomic E-state index is 10.8. The number of nitrogens with zero attached hydrogens (tertiary/aromatic N) is 1. The van der Waals surface area contributed by atoms with Crippen LogP contribution >= 0.6 is 0 Å². The van der Waals surface area contributed by atoms with Crippen LogP contribution in [-0.4, -0.2) is 30.5 Å². The fourth-order valence-corrected chi connectivity index (χ4v) is 0.922. The van der Waals surface area contributed by atoms with Crippen LogP contribution in [0.1, 0.15) is 10.5 Å². The summed E-state index contributed by atoms with van der Waals surface area (Å²) in [5.41, 5.74) is 5.55. The Morgan fingerprint density at radius 2 is 2.06 bits per heavy atom. The summed E-state index contributed by atoms with van der Waals surface area (Å²) in [6.45, 7) is 0. The number of amides is 1. The van der Waals surface area contributed by atoms with E-state index in [4.69, 9.17) is 28.0 Å². The first-order valence-corrected chi connectivity index (χ1v) is 5.53. The molecule has 3 N–H and O–H groups in total. The number of methoxy groups -OCH3 is 1. The first-order valence-electron chi connectivity index (χ1n) is 4.17. The van der Waals surface area contributed by atoms with E-state index >= 15 is 0 Å². The smallest absolute Gasteiger partial charge is 0.313 e. The van der Waals surface area contributed by atoms with Crippen molar-refractivity contribution < 1.29 is 31.6 Å². The van der Waals surface area contributed by atoms with Crippen molar-refractivity contribution in [3.8, 4) is 5.75 Å². The van der Waals surface area contributed by atoms with E-state index in [9.17, 15) is 4.79 Å². The van der Waals surface area contributed by atoms with Crippen LogP contribution in [0.2, 0.25) is 0 Å². The molecule has 0 aliphatic rings. The molecule has 0 spiro atoms. The van der Waals surface area contributed by atoms with Crippen LogP contribution in [0, 0.1) is 0 Å². The molecule has 0 aromatic carbocycles. The molecule has 0 radical (unpaired) electrons. The van der Waals surface area contributed by atoms with Crippen LogP contribution in [0.15, 0.2) is 18.3 Å². The van der Waals surface area contributed by atoms with Crippen molar-refractivity contribution in [3.63, 3.8) is 0 Å². The second kappa shape index (κ2) is 6.13. The number of carbonyl (C=O) groups is 1. The van der Waals surface area contributed by atoms with Crippen molar-refractivity contribution in [1.82, 2.24) is 0 Å². The van der Waals surface area contributed by atoms with Gasteiger partial charge in [0, 0.05) is 6.07 Å². The largest absolute Gasteiger partial charge is 0.726 e. The standard InChI is InChI=1S/C8H10N2O2.H2O4S/c1-10-4-3-6(12-2)5-7(10)8(9)11;1-5(2,3)4/h3-5H,1-2H3,(H-,9,11);(H2,1,2,3,4). The van der Waals surface area contributed by atoms with E-state index in [0.717, 1.165) is 0 Å². The quantitative estimate of drug-likeness (QED) is 0.384. The van der Waals surface area contributed by atoms with Crippen LogP contribution in [0.3, 0.4) is 0 Å². The Kier molecular flexibility index (Phi) is 5.51. The van der Waals surface area contributed by atoms with Gasteiger partial charge in [0.05, 0.1) is 13.2 Å². The maximum absolute atomic E-state index is 10.8. The molecule has 0 atom stereocenters. The second-order valence-corrected chi connectivity index (χ2v) is 3.71. The van der Waals surface area contributed by atoms with E-state index in [2.05, 4.69) is 0 Å². The SMILES string of the molecule is COc1cc[n+](C)c(C(N)=O)c1.O=S(=O)([O-])O. The number of hydrogen-bond acceptors (Lipinski definition) is 5. The van der Waals surface area contributed by atoms with Gasteiger partial charge in [-0.05, 0) is 0 Å². The van der Waals surface area contributed by atoms with Crippen LogP contribution in [0.4, 0.5) is 0 Å². The molecule has 17 heavy (non-hydrogen) atoms. The van der Waals surface area contributed by atoms with Gasteiger partial charge < -0.3 is 15.0 Å². The van der Waals surface area contributed by atoms with Crippen molar-refractivity contribution >= 4 is 16.3 Å². The monoisotopic (exact) mass is 264 g/mol. The lowest BCUT2D eigenvalue weighted by atomic mass is 10.3. The molecule has 1 aromatic rings. The van der Waals surface area contributed by atoms with E-state index < -0.39 is 16.3 Å². The summed E-state index contributed by atoms with van der Waals surface area (Å²) in [4.78, 5) is 10.8. The third-order valence-corrected chi connectivity index (χ3v) is 1.61. The zero-order chi connectivity index (χ0) is 13.6.